The first-order valence-electron chi connectivity index (χ1n) is 6.61. The van der Waals surface area contributed by atoms with Gasteiger partial charge in [-0.3, -0.25) is 4.79 Å². The largest absolute Gasteiger partial charge is 0.466 e. The number of esters is 1. The molecule has 0 fully saturated rings. The minimum absolute atomic E-state index is 0.133. The third-order valence-electron chi connectivity index (χ3n) is 3.06. The summed E-state index contributed by atoms with van der Waals surface area (Å²) in [5.41, 5.74) is 7.13. The molecule has 0 aliphatic rings. The van der Waals surface area contributed by atoms with Crippen LogP contribution in [0.4, 0.5) is 0 Å². The third-order valence-corrected chi connectivity index (χ3v) is 4.27. The summed E-state index contributed by atoms with van der Waals surface area (Å²) >= 11 is 6.98. The van der Waals surface area contributed by atoms with E-state index < -0.39 is 0 Å². The zero-order valence-electron chi connectivity index (χ0n) is 12.1. The first-order valence-corrected chi connectivity index (χ1v) is 8.20. The molecule has 0 aromatic heterocycles. The van der Waals surface area contributed by atoms with Gasteiger partial charge in [-0.2, -0.15) is 0 Å². The molecule has 3 nitrogen and oxygen atoms in total. The topological polar surface area (TPSA) is 52.3 Å². The number of nitrogens with two attached hydrogens (primary N) is 1. The summed E-state index contributed by atoms with van der Waals surface area (Å²) in [6.45, 7) is 6.30. The van der Waals surface area contributed by atoms with Gasteiger partial charge in [0.2, 0.25) is 0 Å². The van der Waals surface area contributed by atoms with Gasteiger partial charge in [-0.15, -0.1) is 0 Å². The molecule has 0 saturated heterocycles. The highest BCUT2D eigenvalue weighted by atomic mass is 79.9. The SMILES string of the molecule is CCOC(=O)CC(C)(C)CC(N)c1cc(Br)ccc1Br. The Balaban J connectivity index is 2.75. The van der Waals surface area contributed by atoms with Crippen molar-refractivity contribution in [2.45, 2.75) is 39.7 Å². The van der Waals surface area contributed by atoms with Gasteiger partial charge in [-0.05, 0) is 42.5 Å². The smallest absolute Gasteiger partial charge is 0.306 e. The summed E-state index contributed by atoms with van der Waals surface area (Å²) in [5, 5.41) is 0. The molecule has 0 aliphatic carbocycles. The van der Waals surface area contributed by atoms with Crippen molar-refractivity contribution < 1.29 is 9.53 Å². The summed E-state index contributed by atoms with van der Waals surface area (Å²) in [4.78, 5) is 11.6. The molecular formula is C15H21Br2NO2. The molecule has 112 valence electrons. The summed E-state index contributed by atoms with van der Waals surface area (Å²) in [6, 6.07) is 5.81. The molecule has 0 bridgehead atoms. The lowest BCUT2D eigenvalue weighted by atomic mass is 9.81. The second-order valence-electron chi connectivity index (χ2n) is 5.62. The Morgan fingerprint density at radius 3 is 2.65 bits per heavy atom. The zero-order valence-corrected chi connectivity index (χ0v) is 15.3. The standard InChI is InChI=1S/C15H21Br2NO2/c1-4-20-14(19)9-15(2,3)8-13(18)11-7-10(16)5-6-12(11)17/h5-7,13H,4,8-9,18H2,1-3H3. The van der Waals surface area contributed by atoms with E-state index in [9.17, 15) is 4.79 Å². The van der Waals surface area contributed by atoms with Crippen molar-refractivity contribution in [3.05, 3.63) is 32.7 Å². The van der Waals surface area contributed by atoms with Gasteiger partial charge in [0.1, 0.15) is 0 Å². The van der Waals surface area contributed by atoms with Gasteiger partial charge in [-0.25, -0.2) is 0 Å². The first-order chi connectivity index (χ1) is 9.25. The van der Waals surface area contributed by atoms with Crippen LogP contribution >= 0.6 is 31.9 Å². The number of carbonyl (C=O) groups is 1. The fourth-order valence-corrected chi connectivity index (χ4v) is 3.10. The summed E-state index contributed by atoms with van der Waals surface area (Å²) < 4.78 is 6.99. The summed E-state index contributed by atoms with van der Waals surface area (Å²) in [6.07, 6.45) is 1.08. The van der Waals surface area contributed by atoms with Crippen molar-refractivity contribution in [2.24, 2.45) is 11.1 Å². The van der Waals surface area contributed by atoms with Gasteiger partial charge >= 0.3 is 5.97 Å². The zero-order chi connectivity index (χ0) is 15.3. The number of halogens is 2. The number of rotatable bonds is 6. The fourth-order valence-electron chi connectivity index (χ4n) is 2.18. The van der Waals surface area contributed by atoms with E-state index in [-0.39, 0.29) is 17.4 Å². The number of hydrogen-bond donors (Lipinski definition) is 1. The molecule has 1 atom stereocenters. The minimum Gasteiger partial charge on any atom is -0.466 e. The van der Waals surface area contributed by atoms with Gasteiger partial charge in [0.05, 0.1) is 13.0 Å². The average molecular weight is 407 g/mol. The van der Waals surface area contributed by atoms with Crippen LogP contribution in [-0.4, -0.2) is 12.6 Å². The summed E-state index contributed by atoms with van der Waals surface area (Å²) in [5.74, 6) is -0.169. The van der Waals surface area contributed by atoms with Crippen molar-refractivity contribution in [1.82, 2.24) is 0 Å². The Bertz CT molecular complexity index is 475. The molecule has 2 N–H and O–H groups in total. The molecule has 1 unspecified atom stereocenters. The second-order valence-corrected chi connectivity index (χ2v) is 7.39. The lowest BCUT2D eigenvalue weighted by molar-refractivity contribution is -0.145. The average Bonchev–Trinajstić information content (AvgIpc) is 2.30. The van der Waals surface area contributed by atoms with E-state index in [1.54, 1.807) is 0 Å². The van der Waals surface area contributed by atoms with Crippen molar-refractivity contribution in [2.75, 3.05) is 6.61 Å². The quantitative estimate of drug-likeness (QED) is 0.703. The first kappa shape index (κ1) is 17.7. The Labute approximate surface area is 137 Å². The Kier molecular flexibility index (Phi) is 6.69. The van der Waals surface area contributed by atoms with E-state index >= 15 is 0 Å². The van der Waals surface area contributed by atoms with Crippen molar-refractivity contribution in [1.29, 1.82) is 0 Å². The maximum absolute atomic E-state index is 11.6. The molecule has 0 aliphatic heterocycles. The Hall–Kier alpha value is -0.390. The van der Waals surface area contributed by atoms with E-state index in [4.69, 9.17) is 10.5 Å². The number of hydrogen-bond acceptors (Lipinski definition) is 3. The molecule has 0 spiro atoms. The van der Waals surface area contributed by atoms with E-state index in [2.05, 4.69) is 31.9 Å². The highest BCUT2D eigenvalue weighted by Crippen LogP contribution is 2.35. The number of carbonyl (C=O) groups excluding carboxylic acids is 1. The van der Waals surface area contributed by atoms with Gasteiger partial charge < -0.3 is 10.5 Å². The lowest BCUT2D eigenvalue weighted by Gasteiger charge is -2.27. The maximum atomic E-state index is 11.6. The molecule has 0 heterocycles. The predicted octanol–water partition coefficient (Wildman–Crippen LogP) is 4.58. The maximum Gasteiger partial charge on any atom is 0.306 e. The molecule has 20 heavy (non-hydrogen) atoms. The van der Waals surface area contributed by atoms with E-state index in [0.29, 0.717) is 19.4 Å². The van der Waals surface area contributed by atoms with Crippen LogP contribution in [0.3, 0.4) is 0 Å². The van der Waals surface area contributed by atoms with Crippen LogP contribution in [0.2, 0.25) is 0 Å². The molecule has 1 aromatic rings. The number of ether oxygens (including phenoxy) is 1. The second kappa shape index (κ2) is 7.57. The van der Waals surface area contributed by atoms with Crippen LogP contribution in [0.1, 0.15) is 45.2 Å². The van der Waals surface area contributed by atoms with Crippen molar-refractivity contribution in [3.63, 3.8) is 0 Å². The molecule has 0 amide bonds. The fraction of sp³-hybridized carbons (Fsp3) is 0.533. The molecule has 0 saturated carbocycles. The normalized spacial score (nSPS) is 13.1. The van der Waals surface area contributed by atoms with Crippen LogP contribution in [0.5, 0.6) is 0 Å². The van der Waals surface area contributed by atoms with E-state index in [1.165, 1.54) is 0 Å². The van der Waals surface area contributed by atoms with Crippen LogP contribution < -0.4 is 5.73 Å². The van der Waals surface area contributed by atoms with E-state index in [0.717, 1.165) is 14.5 Å². The molecule has 1 aromatic carbocycles. The van der Waals surface area contributed by atoms with Gasteiger partial charge in [0, 0.05) is 15.0 Å². The molecular weight excluding hydrogens is 386 g/mol. The van der Waals surface area contributed by atoms with Gasteiger partial charge in [0.15, 0.2) is 0 Å². The Morgan fingerprint density at radius 2 is 2.05 bits per heavy atom. The number of benzene rings is 1. The molecule has 0 radical (unpaired) electrons. The van der Waals surface area contributed by atoms with Crippen LogP contribution in [0, 0.1) is 5.41 Å². The van der Waals surface area contributed by atoms with Crippen LogP contribution in [0.15, 0.2) is 27.1 Å². The monoisotopic (exact) mass is 405 g/mol. The summed E-state index contributed by atoms with van der Waals surface area (Å²) in [7, 11) is 0. The highest BCUT2D eigenvalue weighted by molar-refractivity contribution is 9.11. The van der Waals surface area contributed by atoms with E-state index in [1.807, 2.05) is 39.0 Å². The van der Waals surface area contributed by atoms with Crippen LogP contribution in [0.25, 0.3) is 0 Å². The Morgan fingerprint density at radius 1 is 1.40 bits per heavy atom. The minimum atomic E-state index is -0.201. The van der Waals surface area contributed by atoms with Crippen molar-refractivity contribution in [3.8, 4) is 0 Å². The van der Waals surface area contributed by atoms with Gasteiger partial charge in [-0.1, -0.05) is 45.7 Å². The molecule has 5 heteroatoms. The highest BCUT2D eigenvalue weighted by Gasteiger charge is 2.27. The third kappa shape index (κ3) is 5.54. The van der Waals surface area contributed by atoms with Crippen molar-refractivity contribution >= 4 is 37.8 Å². The predicted molar refractivity (Wildman–Crippen MR) is 88.4 cm³/mol. The van der Waals surface area contributed by atoms with Crippen LogP contribution in [-0.2, 0) is 9.53 Å². The molecule has 1 rings (SSSR count). The van der Waals surface area contributed by atoms with Gasteiger partial charge in [0.25, 0.3) is 0 Å². The lowest BCUT2D eigenvalue weighted by Crippen LogP contribution is -2.25.